The van der Waals surface area contributed by atoms with Crippen molar-refractivity contribution in [3.63, 3.8) is 0 Å². The van der Waals surface area contributed by atoms with E-state index in [4.69, 9.17) is 14.9 Å². The van der Waals surface area contributed by atoms with Gasteiger partial charge in [0.25, 0.3) is 0 Å². The van der Waals surface area contributed by atoms with E-state index < -0.39 is 5.97 Å². The van der Waals surface area contributed by atoms with Crippen LogP contribution in [-0.2, 0) is 11.2 Å². The van der Waals surface area contributed by atoms with Crippen molar-refractivity contribution in [3.05, 3.63) is 86.0 Å². The first-order valence-electron chi connectivity index (χ1n) is 11.7. The molecule has 0 bridgehead atoms. The van der Waals surface area contributed by atoms with E-state index in [1.807, 2.05) is 0 Å². The number of amides is 1. The molecule has 0 aliphatic rings. The van der Waals surface area contributed by atoms with Gasteiger partial charge in [0.05, 0.1) is 20.1 Å². The minimum Gasteiger partial charge on any atom is -0.506 e. The fourth-order valence-corrected chi connectivity index (χ4v) is 5.19. The number of unbranched alkanes of at least 4 members (excludes halogenated alkanes) is 2. The molecular formula is C28H23Br2NO7. The van der Waals surface area contributed by atoms with Crippen molar-refractivity contribution in [1.82, 2.24) is 0 Å². The summed E-state index contributed by atoms with van der Waals surface area (Å²) in [6.45, 7) is 0. The number of hydrogen-bond acceptors (Lipinski definition) is 7. The van der Waals surface area contributed by atoms with Gasteiger partial charge in [-0.05, 0) is 75.0 Å². The second-order valence-electron chi connectivity index (χ2n) is 8.62. The second kappa shape index (κ2) is 11.8. The van der Waals surface area contributed by atoms with Crippen LogP contribution in [0.3, 0.4) is 0 Å². The first-order chi connectivity index (χ1) is 18.2. The van der Waals surface area contributed by atoms with Crippen molar-refractivity contribution in [2.24, 2.45) is 5.73 Å². The topological polar surface area (TPSA) is 140 Å². The molecule has 196 valence electrons. The van der Waals surface area contributed by atoms with E-state index in [1.165, 1.54) is 24.3 Å². The SMILES string of the molecule is NC(=O)CCCCCc1oc2cc(OC(=O)c3ccccc3)c(O)cc2c1C(=O)c1cc(Br)c(O)c(Br)c1. The van der Waals surface area contributed by atoms with E-state index in [9.17, 15) is 24.6 Å². The number of ether oxygens (including phenoxy) is 1. The van der Waals surface area contributed by atoms with Crippen LogP contribution in [0, 0.1) is 0 Å². The summed E-state index contributed by atoms with van der Waals surface area (Å²) in [6, 6.07) is 14.0. The zero-order valence-electron chi connectivity index (χ0n) is 20.0. The summed E-state index contributed by atoms with van der Waals surface area (Å²) in [6.07, 6.45) is 2.57. The molecule has 0 radical (unpaired) electrons. The van der Waals surface area contributed by atoms with Gasteiger partial charge in [-0.3, -0.25) is 9.59 Å². The summed E-state index contributed by atoms with van der Waals surface area (Å²) in [7, 11) is 0. The number of primary amides is 1. The number of phenolic OH excluding ortho intramolecular Hbond substituents is 2. The van der Waals surface area contributed by atoms with Gasteiger partial charge < -0.3 is 25.1 Å². The molecule has 0 unspecified atom stereocenters. The lowest BCUT2D eigenvalue weighted by molar-refractivity contribution is -0.118. The van der Waals surface area contributed by atoms with Gasteiger partial charge in [0.15, 0.2) is 17.3 Å². The standard InChI is InChI=1S/C28H23Br2NO7/c29-18-11-16(12-19(30)27(18)35)26(34)25-17-13-20(32)23(38-28(36)15-7-3-1-4-8-15)14-22(17)37-21(25)9-5-2-6-10-24(31)33/h1,3-4,7-8,11-14,32,35H,2,5-6,9-10H2,(H2,31,33). The predicted octanol–water partition coefficient (Wildman–Crippen LogP) is 6.41. The molecule has 0 aliphatic carbocycles. The van der Waals surface area contributed by atoms with Crippen LogP contribution >= 0.6 is 31.9 Å². The monoisotopic (exact) mass is 643 g/mol. The molecule has 4 aromatic rings. The Kier molecular flexibility index (Phi) is 8.53. The zero-order chi connectivity index (χ0) is 27.4. The number of phenols is 2. The summed E-state index contributed by atoms with van der Waals surface area (Å²) in [5, 5.41) is 21.1. The molecular weight excluding hydrogens is 622 g/mol. The minimum atomic E-state index is -0.656. The largest absolute Gasteiger partial charge is 0.506 e. The van der Waals surface area contributed by atoms with Crippen molar-refractivity contribution in [2.45, 2.75) is 32.1 Å². The maximum Gasteiger partial charge on any atom is 0.343 e. The van der Waals surface area contributed by atoms with E-state index in [0.29, 0.717) is 51.3 Å². The van der Waals surface area contributed by atoms with Crippen LogP contribution in [0.4, 0.5) is 0 Å². The minimum absolute atomic E-state index is 0.0456. The lowest BCUT2D eigenvalue weighted by Crippen LogP contribution is -2.09. The Morgan fingerprint density at radius 1 is 0.895 bits per heavy atom. The smallest absolute Gasteiger partial charge is 0.343 e. The summed E-state index contributed by atoms with van der Waals surface area (Å²) < 4.78 is 12.1. The molecule has 8 nitrogen and oxygen atoms in total. The molecule has 38 heavy (non-hydrogen) atoms. The number of fused-ring (bicyclic) bond motifs is 1. The third-order valence-electron chi connectivity index (χ3n) is 5.89. The molecule has 0 fully saturated rings. The molecule has 0 saturated heterocycles. The summed E-state index contributed by atoms with van der Waals surface area (Å²) in [5.41, 5.74) is 6.30. The van der Waals surface area contributed by atoms with Gasteiger partial charge in [-0.1, -0.05) is 24.6 Å². The third-order valence-corrected chi connectivity index (χ3v) is 7.10. The number of rotatable bonds is 10. The van der Waals surface area contributed by atoms with Crippen molar-refractivity contribution in [2.75, 3.05) is 0 Å². The fourth-order valence-electron chi connectivity index (χ4n) is 4.01. The molecule has 0 aliphatic heterocycles. The average molecular weight is 645 g/mol. The zero-order valence-corrected chi connectivity index (χ0v) is 23.2. The van der Waals surface area contributed by atoms with E-state index >= 15 is 0 Å². The Labute approximate surface area is 234 Å². The molecule has 1 amide bonds. The molecule has 4 rings (SSSR count). The van der Waals surface area contributed by atoms with Gasteiger partial charge in [-0.2, -0.15) is 0 Å². The van der Waals surface area contributed by atoms with E-state index in [1.54, 1.807) is 30.3 Å². The van der Waals surface area contributed by atoms with Gasteiger partial charge in [0.1, 0.15) is 17.1 Å². The summed E-state index contributed by atoms with van der Waals surface area (Å²) >= 11 is 6.50. The van der Waals surface area contributed by atoms with Crippen LogP contribution in [0.5, 0.6) is 17.2 Å². The molecule has 1 aromatic heterocycles. The van der Waals surface area contributed by atoms with Gasteiger partial charge in [-0.15, -0.1) is 0 Å². The van der Waals surface area contributed by atoms with Crippen molar-refractivity contribution < 1.29 is 33.8 Å². The highest BCUT2D eigenvalue weighted by Gasteiger charge is 2.25. The van der Waals surface area contributed by atoms with Crippen LogP contribution in [-0.4, -0.2) is 27.9 Å². The lowest BCUT2D eigenvalue weighted by atomic mass is 9.97. The van der Waals surface area contributed by atoms with Crippen LogP contribution in [0.15, 0.2) is 68.0 Å². The maximum atomic E-state index is 13.7. The van der Waals surface area contributed by atoms with Gasteiger partial charge in [-0.25, -0.2) is 4.79 Å². The van der Waals surface area contributed by atoms with Crippen LogP contribution in [0.25, 0.3) is 11.0 Å². The quantitative estimate of drug-likeness (QED) is 0.0784. The molecule has 10 heteroatoms. The highest BCUT2D eigenvalue weighted by Crippen LogP contribution is 2.39. The summed E-state index contributed by atoms with van der Waals surface area (Å²) in [4.78, 5) is 37.2. The van der Waals surface area contributed by atoms with Crippen LogP contribution < -0.4 is 10.5 Å². The Hall–Kier alpha value is -3.63. The normalized spacial score (nSPS) is 11.0. The number of furan rings is 1. The number of ketones is 1. The number of hydrogen-bond donors (Lipinski definition) is 3. The van der Waals surface area contributed by atoms with Gasteiger partial charge in [0, 0.05) is 29.9 Å². The van der Waals surface area contributed by atoms with Gasteiger partial charge >= 0.3 is 5.97 Å². The molecule has 1 heterocycles. The summed E-state index contributed by atoms with van der Waals surface area (Å²) in [5.74, 6) is -1.52. The average Bonchev–Trinajstić information content (AvgIpc) is 3.23. The Bertz CT molecular complexity index is 1510. The first-order valence-corrected chi connectivity index (χ1v) is 13.3. The number of nitrogens with two attached hydrogens (primary N) is 1. The number of esters is 1. The predicted molar refractivity (Wildman–Crippen MR) is 148 cm³/mol. The molecule has 4 N–H and O–H groups in total. The van der Waals surface area contributed by atoms with E-state index in [2.05, 4.69) is 31.9 Å². The van der Waals surface area contributed by atoms with Crippen molar-refractivity contribution in [1.29, 1.82) is 0 Å². The van der Waals surface area contributed by atoms with E-state index in [0.717, 1.165) is 0 Å². The highest BCUT2D eigenvalue weighted by atomic mass is 79.9. The number of aryl methyl sites for hydroxylation is 1. The number of carbonyl (C=O) groups is 3. The number of benzene rings is 3. The fraction of sp³-hybridized carbons (Fsp3) is 0.179. The lowest BCUT2D eigenvalue weighted by Gasteiger charge is -2.08. The molecule has 0 atom stereocenters. The van der Waals surface area contributed by atoms with Gasteiger partial charge in [0.2, 0.25) is 5.91 Å². The number of aromatic hydroxyl groups is 2. The number of halogens is 2. The third kappa shape index (κ3) is 6.08. The Morgan fingerprint density at radius 2 is 1.58 bits per heavy atom. The van der Waals surface area contributed by atoms with Crippen molar-refractivity contribution >= 4 is 60.5 Å². The highest BCUT2D eigenvalue weighted by molar-refractivity contribution is 9.11. The molecule has 0 saturated carbocycles. The Morgan fingerprint density at radius 3 is 2.24 bits per heavy atom. The molecule has 0 spiro atoms. The maximum absolute atomic E-state index is 13.7. The molecule has 3 aromatic carbocycles. The van der Waals surface area contributed by atoms with Crippen LogP contribution in [0.2, 0.25) is 0 Å². The first kappa shape index (κ1) is 27.4. The second-order valence-corrected chi connectivity index (χ2v) is 10.3. The van der Waals surface area contributed by atoms with Crippen LogP contribution in [0.1, 0.15) is 57.7 Å². The van der Waals surface area contributed by atoms with E-state index in [-0.39, 0.29) is 52.1 Å². The number of carbonyl (C=O) groups excluding carboxylic acids is 3. The van der Waals surface area contributed by atoms with Crippen molar-refractivity contribution in [3.8, 4) is 17.2 Å². The Balaban J connectivity index is 1.72.